The van der Waals surface area contributed by atoms with E-state index in [2.05, 4.69) is 47.2 Å². The zero-order chi connectivity index (χ0) is 19.5. The van der Waals surface area contributed by atoms with E-state index < -0.39 is 0 Å². The number of nitrogens with two attached hydrogens (primary N) is 1. The van der Waals surface area contributed by atoms with Crippen molar-refractivity contribution in [2.45, 2.75) is 57.5 Å². The summed E-state index contributed by atoms with van der Waals surface area (Å²) in [7, 11) is 2.22. The Kier molecular flexibility index (Phi) is 6.37. The van der Waals surface area contributed by atoms with E-state index in [-0.39, 0.29) is 5.92 Å². The van der Waals surface area contributed by atoms with Crippen molar-refractivity contribution in [1.29, 1.82) is 0 Å². The van der Waals surface area contributed by atoms with E-state index in [0.717, 1.165) is 51.9 Å². The van der Waals surface area contributed by atoms with Crippen LogP contribution in [-0.4, -0.2) is 48.4 Å². The second kappa shape index (κ2) is 8.96. The van der Waals surface area contributed by atoms with Gasteiger partial charge < -0.3 is 15.5 Å². The molecule has 4 rings (SSSR count). The molecule has 3 fully saturated rings. The summed E-state index contributed by atoms with van der Waals surface area (Å²) in [6, 6.07) is 11.0. The van der Waals surface area contributed by atoms with Gasteiger partial charge in [0.1, 0.15) is 0 Å². The summed E-state index contributed by atoms with van der Waals surface area (Å²) in [5.74, 6) is 2.56. The van der Waals surface area contributed by atoms with Gasteiger partial charge in [0.2, 0.25) is 5.91 Å². The van der Waals surface area contributed by atoms with Crippen LogP contribution in [0.15, 0.2) is 30.3 Å². The Bertz CT molecular complexity index is 627. The lowest BCUT2D eigenvalue weighted by Crippen LogP contribution is -2.51. The summed E-state index contributed by atoms with van der Waals surface area (Å²) < 4.78 is 0. The normalized spacial score (nSPS) is 31.2. The highest BCUT2D eigenvalue weighted by Crippen LogP contribution is 2.42. The van der Waals surface area contributed by atoms with Crippen LogP contribution in [0, 0.1) is 23.7 Å². The molecule has 0 aromatic heterocycles. The third-order valence-corrected chi connectivity index (χ3v) is 7.55. The fourth-order valence-electron chi connectivity index (χ4n) is 5.99. The Labute approximate surface area is 170 Å². The van der Waals surface area contributed by atoms with Gasteiger partial charge in [-0.1, -0.05) is 36.8 Å². The summed E-state index contributed by atoms with van der Waals surface area (Å²) in [4.78, 5) is 17.7. The quantitative estimate of drug-likeness (QED) is 0.846. The van der Waals surface area contributed by atoms with Crippen LogP contribution < -0.4 is 5.73 Å². The first-order valence-corrected chi connectivity index (χ1v) is 11.4. The molecule has 2 unspecified atom stereocenters. The Morgan fingerprint density at radius 3 is 2.36 bits per heavy atom. The van der Waals surface area contributed by atoms with Gasteiger partial charge in [-0.3, -0.25) is 4.79 Å². The van der Waals surface area contributed by atoms with Crippen molar-refractivity contribution in [3.8, 4) is 0 Å². The Hall–Kier alpha value is -1.39. The number of fused-ring (bicyclic) bond motifs is 2. The highest BCUT2D eigenvalue weighted by Gasteiger charge is 2.42. The molecule has 1 aromatic carbocycles. The predicted molar refractivity (Wildman–Crippen MR) is 114 cm³/mol. The fourth-order valence-corrected chi connectivity index (χ4v) is 5.99. The number of nitrogens with zero attached hydrogens (tertiary/aromatic N) is 2. The molecular formula is C24H37N3O. The van der Waals surface area contributed by atoms with Crippen molar-refractivity contribution >= 4 is 5.91 Å². The number of hydrogen-bond acceptors (Lipinski definition) is 3. The lowest BCUT2D eigenvalue weighted by atomic mass is 9.65. The smallest absolute Gasteiger partial charge is 0.225 e. The van der Waals surface area contributed by atoms with Crippen molar-refractivity contribution in [3.63, 3.8) is 0 Å². The van der Waals surface area contributed by atoms with Gasteiger partial charge in [0.25, 0.3) is 0 Å². The molecule has 0 radical (unpaired) electrons. The second-order valence-electron chi connectivity index (χ2n) is 9.65. The monoisotopic (exact) mass is 383 g/mol. The number of carbonyl (C=O) groups is 1. The molecule has 28 heavy (non-hydrogen) atoms. The molecule has 3 aliphatic rings. The highest BCUT2D eigenvalue weighted by atomic mass is 16.2. The molecule has 2 atom stereocenters. The van der Waals surface area contributed by atoms with Crippen LogP contribution in [0.1, 0.15) is 50.5 Å². The van der Waals surface area contributed by atoms with E-state index in [1.807, 2.05) is 0 Å². The topological polar surface area (TPSA) is 49.6 Å². The summed E-state index contributed by atoms with van der Waals surface area (Å²) in [6.07, 6.45) is 8.14. The number of benzene rings is 1. The van der Waals surface area contributed by atoms with Gasteiger partial charge >= 0.3 is 0 Å². The Morgan fingerprint density at radius 1 is 1.07 bits per heavy atom. The fraction of sp³-hybridized carbons (Fsp3) is 0.708. The van der Waals surface area contributed by atoms with E-state index in [0.29, 0.717) is 29.7 Å². The number of piperidine rings is 1. The zero-order valence-corrected chi connectivity index (χ0v) is 17.4. The Morgan fingerprint density at radius 2 is 1.71 bits per heavy atom. The molecular weight excluding hydrogens is 346 g/mol. The summed E-state index contributed by atoms with van der Waals surface area (Å²) >= 11 is 0. The van der Waals surface area contributed by atoms with Crippen LogP contribution in [0.25, 0.3) is 0 Å². The van der Waals surface area contributed by atoms with Crippen molar-refractivity contribution in [3.05, 3.63) is 35.9 Å². The third-order valence-electron chi connectivity index (χ3n) is 7.55. The average Bonchev–Trinajstić information content (AvgIpc) is 2.68. The van der Waals surface area contributed by atoms with Crippen LogP contribution in [-0.2, 0) is 11.3 Å². The highest BCUT2D eigenvalue weighted by molar-refractivity contribution is 5.79. The van der Waals surface area contributed by atoms with E-state index in [4.69, 9.17) is 5.73 Å². The van der Waals surface area contributed by atoms with E-state index in [1.165, 1.54) is 24.8 Å². The van der Waals surface area contributed by atoms with Crippen LogP contribution in [0.3, 0.4) is 0 Å². The molecule has 2 bridgehead atoms. The average molecular weight is 384 g/mol. The van der Waals surface area contributed by atoms with Gasteiger partial charge in [0.15, 0.2) is 0 Å². The van der Waals surface area contributed by atoms with Crippen molar-refractivity contribution in [2.75, 3.05) is 26.7 Å². The zero-order valence-electron chi connectivity index (χ0n) is 17.4. The lowest BCUT2D eigenvalue weighted by Gasteiger charge is -2.45. The standard InChI is InChI=1S/C24H37N3O/c1-26(16-18-6-3-2-4-7-18)17-19-10-12-27(13-11-19)24(28)22-14-20-8-5-9-21(15-22)23(20)25/h2-4,6-7,19-23H,5,8-17,25H2,1H3. The van der Waals surface area contributed by atoms with E-state index in [1.54, 1.807) is 0 Å². The van der Waals surface area contributed by atoms with Crippen molar-refractivity contribution < 1.29 is 4.79 Å². The lowest BCUT2D eigenvalue weighted by molar-refractivity contribution is -0.140. The van der Waals surface area contributed by atoms with Gasteiger partial charge in [-0.2, -0.15) is 0 Å². The number of amides is 1. The predicted octanol–water partition coefficient (Wildman–Crippen LogP) is 3.51. The van der Waals surface area contributed by atoms with Gasteiger partial charge in [-0.15, -0.1) is 0 Å². The number of rotatable bonds is 5. The maximum atomic E-state index is 13.1. The molecule has 4 nitrogen and oxygen atoms in total. The SMILES string of the molecule is CN(Cc1ccccc1)CC1CCN(C(=O)C2CC3CCCC(C2)C3N)CC1. The van der Waals surface area contributed by atoms with E-state index >= 15 is 0 Å². The molecule has 1 aliphatic heterocycles. The van der Waals surface area contributed by atoms with Crippen LogP contribution >= 0.6 is 0 Å². The molecule has 2 N–H and O–H groups in total. The first kappa shape index (κ1) is 19.9. The molecule has 1 heterocycles. The minimum atomic E-state index is 0.243. The van der Waals surface area contributed by atoms with Crippen LogP contribution in [0.4, 0.5) is 0 Å². The summed E-state index contributed by atoms with van der Waals surface area (Å²) in [6.45, 7) is 4.02. The molecule has 0 spiro atoms. The Balaban J connectivity index is 1.23. The molecule has 4 heteroatoms. The molecule has 154 valence electrons. The van der Waals surface area contributed by atoms with Gasteiger partial charge in [-0.05, 0) is 68.9 Å². The number of carbonyl (C=O) groups excluding carboxylic acids is 1. The number of likely N-dealkylation sites (tertiary alicyclic amines) is 1. The molecule has 1 saturated heterocycles. The van der Waals surface area contributed by atoms with Gasteiger partial charge in [0, 0.05) is 38.1 Å². The second-order valence-corrected chi connectivity index (χ2v) is 9.65. The number of hydrogen-bond donors (Lipinski definition) is 1. The maximum absolute atomic E-state index is 13.1. The maximum Gasteiger partial charge on any atom is 0.225 e. The van der Waals surface area contributed by atoms with Crippen LogP contribution in [0.5, 0.6) is 0 Å². The van der Waals surface area contributed by atoms with Crippen molar-refractivity contribution in [1.82, 2.24) is 9.80 Å². The first-order chi connectivity index (χ1) is 13.6. The minimum Gasteiger partial charge on any atom is -0.342 e. The van der Waals surface area contributed by atoms with E-state index in [9.17, 15) is 4.79 Å². The van der Waals surface area contributed by atoms with Gasteiger partial charge in [0.05, 0.1) is 0 Å². The molecule has 1 amide bonds. The summed E-state index contributed by atoms with van der Waals surface area (Å²) in [5.41, 5.74) is 7.79. The minimum absolute atomic E-state index is 0.243. The molecule has 1 aromatic rings. The summed E-state index contributed by atoms with van der Waals surface area (Å²) in [5, 5.41) is 0. The van der Waals surface area contributed by atoms with Crippen LogP contribution in [0.2, 0.25) is 0 Å². The molecule has 2 saturated carbocycles. The molecule has 2 aliphatic carbocycles. The third kappa shape index (κ3) is 4.60. The first-order valence-electron chi connectivity index (χ1n) is 11.4. The van der Waals surface area contributed by atoms with Gasteiger partial charge in [-0.25, -0.2) is 0 Å². The van der Waals surface area contributed by atoms with Crippen molar-refractivity contribution in [2.24, 2.45) is 29.4 Å². The largest absolute Gasteiger partial charge is 0.342 e.